The van der Waals surface area contributed by atoms with E-state index in [0.29, 0.717) is 12.5 Å². The Morgan fingerprint density at radius 2 is 1.96 bits per heavy atom. The number of nitrogens with zero attached hydrogens (tertiary/aromatic N) is 3. The summed E-state index contributed by atoms with van der Waals surface area (Å²) >= 11 is 0. The minimum Gasteiger partial charge on any atom is -0.497 e. The number of ether oxygens (including phenoxy) is 1. The van der Waals surface area contributed by atoms with Crippen molar-refractivity contribution < 1.29 is 9.53 Å². The number of likely N-dealkylation sites (N-methyl/N-ethyl adjacent to an activating group) is 1. The molecular weight excluding hydrogens is 326 g/mol. The summed E-state index contributed by atoms with van der Waals surface area (Å²) in [5, 5.41) is 0. The summed E-state index contributed by atoms with van der Waals surface area (Å²) in [5.41, 5.74) is 1.04. The van der Waals surface area contributed by atoms with Crippen molar-refractivity contribution in [3.05, 3.63) is 29.8 Å². The first-order valence-corrected chi connectivity index (χ1v) is 9.99. The number of methoxy groups -OCH3 is 1. The molecule has 3 rings (SSSR count). The van der Waals surface area contributed by atoms with Crippen LogP contribution in [0.4, 0.5) is 0 Å². The van der Waals surface area contributed by atoms with Gasteiger partial charge in [0.2, 0.25) is 5.91 Å². The van der Waals surface area contributed by atoms with Gasteiger partial charge in [-0.3, -0.25) is 4.79 Å². The lowest BCUT2D eigenvalue weighted by Crippen LogP contribution is -2.48. The Balaban J connectivity index is 1.54. The summed E-state index contributed by atoms with van der Waals surface area (Å²) < 4.78 is 5.28. The highest BCUT2D eigenvalue weighted by Crippen LogP contribution is 2.22. The highest BCUT2D eigenvalue weighted by atomic mass is 16.5. The van der Waals surface area contributed by atoms with Crippen LogP contribution in [0.15, 0.2) is 24.3 Å². The van der Waals surface area contributed by atoms with Crippen molar-refractivity contribution >= 4 is 5.91 Å². The molecule has 2 saturated heterocycles. The molecule has 2 fully saturated rings. The fourth-order valence-electron chi connectivity index (χ4n) is 4.09. The molecule has 2 aliphatic heterocycles. The van der Waals surface area contributed by atoms with Gasteiger partial charge in [-0.05, 0) is 50.4 Å². The minimum absolute atomic E-state index is 0.265. The third kappa shape index (κ3) is 5.21. The zero-order valence-electron chi connectivity index (χ0n) is 16.3. The Hall–Kier alpha value is -1.59. The third-order valence-electron chi connectivity index (χ3n) is 5.81. The molecule has 5 heteroatoms. The first-order chi connectivity index (χ1) is 12.7. The van der Waals surface area contributed by atoms with E-state index in [2.05, 4.69) is 21.7 Å². The Bertz CT molecular complexity index is 584. The first kappa shape index (κ1) is 19.2. The van der Waals surface area contributed by atoms with Gasteiger partial charge in [0.25, 0.3) is 0 Å². The molecule has 0 N–H and O–H groups in total. The Morgan fingerprint density at radius 3 is 2.73 bits per heavy atom. The second kappa shape index (κ2) is 9.38. The van der Waals surface area contributed by atoms with Crippen LogP contribution in [-0.4, -0.2) is 80.1 Å². The molecule has 144 valence electrons. The number of amides is 1. The summed E-state index contributed by atoms with van der Waals surface area (Å²) in [6.07, 6.45) is 5.11. The monoisotopic (exact) mass is 359 g/mol. The number of piperazine rings is 1. The van der Waals surface area contributed by atoms with Gasteiger partial charge in [0.15, 0.2) is 0 Å². The Morgan fingerprint density at radius 1 is 1.15 bits per heavy atom. The van der Waals surface area contributed by atoms with Crippen LogP contribution in [0.5, 0.6) is 5.75 Å². The van der Waals surface area contributed by atoms with Gasteiger partial charge in [0.05, 0.1) is 13.5 Å². The van der Waals surface area contributed by atoms with Gasteiger partial charge in [-0.15, -0.1) is 0 Å². The lowest BCUT2D eigenvalue weighted by molar-refractivity contribution is -0.134. The van der Waals surface area contributed by atoms with E-state index < -0.39 is 0 Å². The van der Waals surface area contributed by atoms with E-state index in [-0.39, 0.29) is 5.91 Å². The minimum atomic E-state index is 0.265. The number of likely N-dealkylation sites (tertiary alicyclic amines) is 1. The quantitative estimate of drug-likeness (QED) is 0.781. The van der Waals surface area contributed by atoms with Crippen LogP contribution in [-0.2, 0) is 11.2 Å². The van der Waals surface area contributed by atoms with E-state index in [1.54, 1.807) is 7.11 Å². The average molecular weight is 360 g/mol. The van der Waals surface area contributed by atoms with Crippen molar-refractivity contribution in [2.45, 2.75) is 38.1 Å². The number of carbonyl (C=O) groups is 1. The van der Waals surface area contributed by atoms with Gasteiger partial charge in [0.1, 0.15) is 5.75 Å². The maximum atomic E-state index is 12.9. The standard InChI is InChI=1S/C21H33N3O2/c1-22-12-14-23(15-13-22)11-9-19-7-3-4-10-24(19)21(25)17-18-6-5-8-20(16-18)26-2/h5-6,8,16,19H,3-4,7,9-15,17H2,1-2H3/t19-/m0/s1. The van der Waals surface area contributed by atoms with E-state index in [0.717, 1.165) is 69.8 Å². The molecule has 26 heavy (non-hydrogen) atoms. The number of rotatable bonds is 6. The van der Waals surface area contributed by atoms with E-state index in [4.69, 9.17) is 4.74 Å². The summed E-state index contributed by atoms with van der Waals surface area (Å²) in [6.45, 7) is 6.64. The molecule has 0 saturated carbocycles. The van der Waals surface area contributed by atoms with Crippen molar-refractivity contribution in [1.82, 2.24) is 14.7 Å². The number of hydrogen-bond acceptors (Lipinski definition) is 4. The van der Waals surface area contributed by atoms with Crippen LogP contribution in [0.1, 0.15) is 31.2 Å². The molecule has 0 spiro atoms. The summed E-state index contributed by atoms with van der Waals surface area (Å²) in [4.78, 5) is 20.0. The Kier molecular flexibility index (Phi) is 6.92. The molecule has 1 aromatic carbocycles. The van der Waals surface area contributed by atoms with Crippen LogP contribution in [0.25, 0.3) is 0 Å². The van der Waals surface area contributed by atoms with E-state index in [1.807, 2.05) is 24.3 Å². The van der Waals surface area contributed by atoms with Gasteiger partial charge in [0, 0.05) is 45.3 Å². The maximum absolute atomic E-state index is 12.9. The topological polar surface area (TPSA) is 36.0 Å². The third-order valence-corrected chi connectivity index (χ3v) is 5.81. The fraction of sp³-hybridized carbons (Fsp3) is 0.667. The SMILES string of the molecule is COc1cccc(CC(=O)N2CCCC[C@H]2CCN2CCN(C)CC2)c1. The second-order valence-electron chi connectivity index (χ2n) is 7.70. The molecule has 1 aromatic rings. The predicted octanol–water partition coefficient (Wildman–Crippen LogP) is 2.26. The van der Waals surface area contributed by atoms with Crippen molar-refractivity contribution in [2.24, 2.45) is 0 Å². The number of piperidine rings is 1. The van der Waals surface area contributed by atoms with E-state index >= 15 is 0 Å². The van der Waals surface area contributed by atoms with Crippen LogP contribution < -0.4 is 4.74 Å². The molecule has 2 heterocycles. The molecule has 0 bridgehead atoms. The molecule has 0 aromatic heterocycles. The zero-order chi connectivity index (χ0) is 18.4. The van der Waals surface area contributed by atoms with Gasteiger partial charge < -0.3 is 19.4 Å². The van der Waals surface area contributed by atoms with Gasteiger partial charge in [-0.25, -0.2) is 0 Å². The number of benzene rings is 1. The molecular formula is C21H33N3O2. The molecule has 5 nitrogen and oxygen atoms in total. The Labute approximate surface area is 157 Å². The molecule has 2 aliphatic rings. The summed E-state index contributed by atoms with van der Waals surface area (Å²) in [7, 11) is 3.86. The van der Waals surface area contributed by atoms with Gasteiger partial charge in [-0.1, -0.05) is 12.1 Å². The van der Waals surface area contributed by atoms with Crippen molar-refractivity contribution in [3.8, 4) is 5.75 Å². The summed E-state index contributed by atoms with van der Waals surface area (Å²) in [6, 6.07) is 8.28. The normalized spacial score (nSPS) is 22.4. The van der Waals surface area contributed by atoms with Crippen LogP contribution in [0, 0.1) is 0 Å². The van der Waals surface area contributed by atoms with Crippen molar-refractivity contribution in [1.29, 1.82) is 0 Å². The molecule has 0 aliphatic carbocycles. The van der Waals surface area contributed by atoms with Crippen molar-refractivity contribution in [2.75, 3.05) is 53.4 Å². The largest absolute Gasteiger partial charge is 0.497 e. The highest BCUT2D eigenvalue weighted by molar-refractivity contribution is 5.79. The highest BCUT2D eigenvalue weighted by Gasteiger charge is 2.27. The number of hydrogen-bond donors (Lipinski definition) is 0. The predicted molar refractivity (Wildman–Crippen MR) is 105 cm³/mol. The lowest BCUT2D eigenvalue weighted by Gasteiger charge is -2.38. The molecule has 0 radical (unpaired) electrons. The van der Waals surface area contributed by atoms with E-state index in [1.165, 1.54) is 6.42 Å². The summed E-state index contributed by atoms with van der Waals surface area (Å²) in [5.74, 6) is 1.09. The van der Waals surface area contributed by atoms with Gasteiger partial charge in [-0.2, -0.15) is 0 Å². The number of carbonyl (C=O) groups excluding carboxylic acids is 1. The van der Waals surface area contributed by atoms with Gasteiger partial charge >= 0.3 is 0 Å². The van der Waals surface area contributed by atoms with Crippen LogP contribution in [0.3, 0.4) is 0 Å². The average Bonchev–Trinajstić information content (AvgIpc) is 2.68. The molecule has 0 unspecified atom stereocenters. The smallest absolute Gasteiger partial charge is 0.227 e. The van der Waals surface area contributed by atoms with Crippen LogP contribution in [0.2, 0.25) is 0 Å². The first-order valence-electron chi connectivity index (χ1n) is 9.99. The van der Waals surface area contributed by atoms with Crippen LogP contribution >= 0.6 is 0 Å². The second-order valence-corrected chi connectivity index (χ2v) is 7.70. The van der Waals surface area contributed by atoms with Crippen molar-refractivity contribution in [3.63, 3.8) is 0 Å². The lowest BCUT2D eigenvalue weighted by atomic mass is 9.97. The van der Waals surface area contributed by atoms with E-state index in [9.17, 15) is 4.79 Å². The molecule has 1 amide bonds. The maximum Gasteiger partial charge on any atom is 0.227 e. The molecule has 1 atom stereocenters. The fourth-order valence-corrected chi connectivity index (χ4v) is 4.09. The zero-order valence-corrected chi connectivity index (χ0v) is 16.3.